The fraction of sp³-hybridized carbons (Fsp3) is 0.462. The Kier molecular flexibility index (Phi) is 4.26. The van der Waals surface area contributed by atoms with Crippen LogP contribution in [0.25, 0.3) is 22.2 Å². The van der Waals surface area contributed by atoms with Crippen LogP contribution in [-0.4, -0.2) is 45.9 Å². The number of carbonyl (C=O) groups is 1. The average Bonchev–Trinajstić information content (AvgIpc) is 3.09. The smallest absolute Gasteiger partial charge is 0.226 e. The number of H-pyrrole nitrogens is 1. The Morgan fingerprint density at radius 2 is 2.06 bits per heavy atom. The quantitative estimate of drug-likeness (QED) is 0.668. The van der Waals surface area contributed by atoms with Gasteiger partial charge in [0.05, 0.1) is 5.69 Å². The molecule has 3 aliphatic rings. The molecule has 2 aliphatic heterocycles. The second-order valence-corrected chi connectivity index (χ2v) is 9.99. The number of nitrogens with one attached hydrogen (secondary N) is 2. The molecule has 160 valence electrons. The van der Waals surface area contributed by atoms with E-state index in [0.29, 0.717) is 29.8 Å². The summed E-state index contributed by atoms with van der Waals surface area (Å²) in [6, 6.07) is 11.9. The molecule has 3 fully saturated rings. The number of aromatic amines is 1. The highest BCUT2D eigenvalue weighted by molar-refractivity contribution is 5.92. The third-order valence-corrected chi connectivity index (χ3v) is 7.50. The molecule has 0 radical (unpaired) electrons. The van der Waals surface area contributed by atoms with Crippen LogP contribution in [-0.2, 0) is 4.79 Å². The molecule has 4 atom stereocenters. The molecule has 2 saturated heterocycles. The van der Waals surface area contributed by atoms with E-state index in [9.17, 15) is 4.79 Å². The summed E-state index contributed by atoms with van der Waals surface area (Å²) in [5.41, 5.74) is 7.24. The average molecular weight is 415 g/mol. The van der Waals surface area contributed by atoms with Crippen LogP contribution in [0.4, 0.5) is 0 Å². The number of aryl methyl sites for hydroxylation is 1. The Morgan fingerprint density at radius 3 is 2.77 bits per heavy atom. The molecular weight excluding hydrogens is 384 g/mol. The Morgan fingerprint density at radius 1 is 1.19 bits per heavy atom. The van der Waals surface area contributed by atoms with Crippen molar-refractivity contribution in [1.82, 2.24) is 20.2 Å². The Labute approximate surface area is 183 Å². The number of fused-ring (bicyclic) bond motifs is 3. The lowest BCUT2D eigenvalue weighted by molar-refractivity contribution is -0.134. The lowest BCUT2D eigenvalue weighted by Gasteiger charge is -2.27. The molecule has 5 nitrogen and oxygen atoms in total. The lowest BCUT2D eigenvalue weighted by Crippen LogP contribution is -2.47. The van der Waals surface area contributed by atoms with Gasteiger partial charge >= 0.3 is 0 Å². The summed E-state index contributed by atoms with van der Waals surface area (Å²) in [6.07, 6.45) is 4.00. The van der Waals surface area contributed by atoms with Crippen LogP contribution in [0.1, 0.15) is 55.3 Å². The van der Waals surface area contributed by atoms with Gasteiger partial charge in [0, 0.05) is 59.4 Å². The van der Waals surface area contributed by atoms with Gasteiger partial charge in [0.1, 0.15) is 0 Å². The number of rotatable bonds is 4. The molecular formula is C26H30N4O. The number of hydrogen-bond donors (Lipinski definition) is 2. The molecule has 2 bridgehead atoms. The molecule has 31 heavy (non-hydrogen) atoms. The zero-order valence-electron chi connectivity index (χ0n) is 18.5. The van der Waals surface area contributed by atoms with Gasteiger partial charge in [-0.3, -0.25) is 9.78 Å². The van der Waals surface area contributed by atoms with E-state index in [1.807, 2.05) is 13.1 Å². The summed E-state index contributed by atoms with van der Waals surface area (Å²) in [5.74, 6) is 1.31. The minimum Gasteiger partial charge on any atom is -0.354 e. The van der Waals surface area contributed by atoms with Crippen molar-refractivity contribution < 1.29 is 4.79 Å². The van der Waals surface area contributed by atoms with Gasteiger partial charge in [0.15, 0.2) is 0 Å². The highest BCUT2D eigenvalue weighted by Gasteiger charge is 2.50. The highest BCUT2D eigenvalue weighted by atomic mass is 16.2. The van der Waals surface area contributed by atoms with Gasteiger partial charge in [-0.05, 0) is 67.0 Å². The van der Waals surface area contributed by atoms with Crippen molar-refractivity contribution in [3.05, 3.63) is 53.3 Å². The minimum absolute atomic E-state index is 0.167. The zero-order valence-corrected chi connectivity index (χ0v) is 18.5. The van der Waals surface area contributed by atoms with Crippen molar-refractivity contribution in [1.29, 1.82) is 0 Å². The number of likely N-dealkylation sites (tertiary alicyclic amines) is 1. The van der Waals surface area contributed by atoms with Crippen LogP contribution in [0.15, 0.2) is 36.5 Å². The Hall–Kier alpha value is -2.66. The van der Waals surface area contributed by atoms with Gasteiger partial charge in [-0.2, -0.15) is 0 Å². The van der Waals surface area contributed by atoms with Crippen LogP contribution in [0, 0.1) is 12.8 Å². The van der Waals surface area contributed by atoms with Crippen LogP contribution >= 0.6 is 0 Å². The predicted octanol–water partition coefficient (Wildman–Crippen LogP) is 4.34. The van der Waals surface area contributed by atoms with Gasteiger partial charge in [0.2, 0.25) is 5.91 Å². The molecule has 1 aromatic carbocycles. The first-order valence-electron chi connectivity index (χ1n) is 11.6. The van der Waals surface area contributed by atoms with Crippen molar-refractivity contribution in [2.24, 2.45) is 5.92 Å². The summed E-state index contributed by atoms with van der Waals surface area (Å²) in [7, 11) is 0. The van der Waals surface area contributed by atoms with Crippen LogP contribution < -0.4 is 5.32 Å². The number of piperazine rings is 1. The second kappa shape index (κ2) is 6.92. The number of aromatic nitrogens is 2. The van der Waals surface area contributed by atoms with Crippen LogP contribution in [0.2, 0.25) is 0 Å². The number of hydrogen-bond acceptors (Lipinski definition) is 3. The van der Waals surface area contributed by atoms with Crippen molar-refractivity contribution in [3.63, 3.8) is 0 Å². The molecule has 0 spiro atoms. The Bertz CT molecular complexity index is 1180. The topological polar surface area (TPSA) is 61.0 Å². The molecule has 2 unspecified atom stereocenters. The molecule has 1 amide bonds. The van der Waals surface area contributed by atoms with E-state index in [4.69, 9.17) is 0 Å². The van der Waals surface area contributed by atoms with Crippen molar-refractivity contribution in [2.75, 3.05) is 13.1 Å². The molecule has 3 aromatic rings. The molecule has 1 saturated carbocycles. The zero-order chi connectivity index (χ0) is 21.3. The number of pyridine rings is 1. The number of benzene rings is 1. The number of amides is 1. The minimum atomic E-state index is 0.167. The first-order valence-corrected chi connectivity index (χ1v) is 11.6. The van der Waals surface area contributed by atoms with Gasteiger partial charge in [0.25, 0.3) is 0 Å². The predicted molar refractivity (Wildman–Crippen MR) is 123 cm³/mol. The molecule has 6 rings (SSSR count). The maximum absolute atomic E-state index is 13.1. The molecule has 4 heterocycles. The molecule has 2 N–H and O–H groups in total. The van der Waals surface area contributed by atoms with E-state index >= 15 is 0 Å². The van der Waals surface area contributed by atoms with Crippen molar-refractivity contribution in [2.45, 2.75) is 57.5 Å². The van der Waals surface area contributed by atoms with E-state index in [2.05, 4.69) is 64.4 Å². The van der Waals surface area contributed by atoms with Crippen LogP contribution in [0.5, 0.6) is 0 Å². The van der Waals surface area contributed by atoms with E-state index in [-0.39, 0.29) is 5.92 Å². The van der Waals surface area contributed by atoms with Crippen LogP contribution in [0.3, 0.4) is 0 Å². The lowest BCUT2D eigenvalue weighted by atomic mass is 9.94. The molecule has 1 aliphatic carbocycles. The SMILES string of the molecule is Cc1cc(-c2[nH]c3ccc([C@H]4C[C@H]4C(=O)N4CC5CC4CN5)cc3c2C(C)C)ccn1. The molecule has 2 aromatic heterocycles. The monoisotopic (exact) mass is 414 g/mol. The summed E-state index contributed by atoms with van der Waals surface area (Å²) in [6.45, 7) is 8.42. The summed E-state index contributed by atoms with van der Waals surface area (Å²) in [5, 5.41) is 4.79. The largest absolute Gasteiger partial charge is 0.354 e. The van der Waals surface area contributed by atoms with Gasteiger partial charge in [-0.1, -0.05) is 19.9 Å². The fourth-order valence-corrected chi connectivity index (χ4v) is 5.87. The number of nitrogens with zero attached hydrogens (tertiary/aromatic N) is 2. The summed E-state index contributed by atoms with van der Waals surface area (Å²) < 4.78 is 0. The van der Waals surface area contributed by atoms with E-state index < -0.39 is 0 Å². The summed E-state index contributed by atoms with van der Waals surface area (Å²) in [4.78, 5) is 23.3. The van der Waals surface area contributed by atoms with Gasteiger partial charge in [-0.15, -0.1) is 0 Å². The van der Waals surface area contributed by atoms with Crippen molar-refractivity contribution >= 4 is 16.8 Å². The van der Waals surface area contributed by atoms with Gasteiger partial charge < -0.3 is 15.2 Å². The van der Waals surface area contributed by atoms with Crippen molar-refractivity contribution in [3.8, 4) is 11.3 Å². The van der Waals surface area contributed by atoms with E-state index in [0.717, 1.165) is 31.6 Å². The van der Waals surface area contributed by atoms with E-state index in [1.54, 1.807) is 0 Å². The third kappa shape index (κ3) is 3.09. The fourth-order valence-electron chi connectivity index (χ4n) is 5.87. The number of carbonyl (C=O) groups excluding carboxylic acids is 1. The Balaban J connectivity index is 1.32. The highest BCUT2D eigenvalue weighted by Crippen LogP contribution is 2.50. The normalized spacial score (nSPS) is 26.9. The first-order chi connectivity index (χ1) is 15.0. The van der Waals surface area contributed by atoms with Gasteiger partial charge in [-0.25, -0.2) is 0 Å². The molecule has 5 heteroatoms. The second-order valence-electron chi connectivity index (χ2n) is 9.99. The first kappa shape index (κ1) is 19.1. The summed E-state index contributed by atoms with van der Waals surface area (Å²) >= 11 is 0. The van der Waals surface area contributed by atoms with E-state index in [1.165, 1.54) is 33.3 Å². The third-order valence-electron chi connectivity index (χ3n) is 7.50. The maximum atomic E-state index is 13.1. The maximum Gasteiger partial charge on any atom is 0.226 e. The standard InChI is InChI=1S/C26H30N4O/c1-14(2)24-22-9-16(4-5-23(22)29-25(24)17-6-7-27-15(3)8-17)20-11-21(20)26(31)30-13-18-10-19(30)12-28-18/h4-9,14,18-21,28-29H,10-13H2,1-3H3/t18?,19?,20-,21-/m1/s1.